The molecule has 0 fully saturated rings. The van der Waals surface area contributed by atoms with E-state index in [0.29, 0.717) is 23.8 Å². The molecule has 7 heteroatoms. The van der Waals surface area contributed by atoms with Crippen molar-refractivity contribution in [2.75, 3.05) is 18.6 Å². The van der Waals surface area contributed by atoms with Crippen LogP contribution in [0.25, 0.3) is 0 Å². The monoisotopic (exact) mass is 292 g/mol. The van der Waals surface area contributed by atoms with Crippen molar-refractivity contribution in [1.29, 1.82) is 0 Å². The molecule has 0 aliphatic heterocycles. The maximum atomic E-state index is 11.0. The highest BCUT2D eigenvalue weighted by Gasteiger charge is 2.11. The molecule has 0 aliphatic rings. The molecule has 5 nitrogen and oxygen atoms in total. The van der Waals surface area contributed by atoms with Crippen LogP contribution in [0.15, 0.2) is 24.3 Å². The Morgan fingerprint density at radius 3 is 2.50 bits per heavy atom. The zero-order valence-corrected chi connectivity index (χ0v) is 11.7. The summed E-state index contributed by atoms with van der Waals surface area (Å²) in [4.78, 5) is 0. The third kappa shape index (κ3) is 6.20. The van der Waals surface area contributed by atoms with Crippen molar-refractivity contribution in [3.05, 3.63) is 29.3 Å². The second kappa shape index (κ2) is 6.94. The molecule has 0 bridgehead atoms. The Hall–Kier alpha value is -0.820. The van der Waals surface area contributed by atoms with Gasteiger partial charge in [-0.1, -0.05) is 11.6 Å². The van der Waals surface area contributed by atoms with Gasteiger partial charge in [0.15, 0.2) is 0 Å². The third-order valence-electron chi connectivity index (χ3n) is 2.34. The van der Waals surface area contributed by atoms with Gasteiger partial charge in [-0.05, 0) is 30.7 Å². The molecule has 102 valence electrons. The maximum absolute atomic E-state index is 11.0. The van der Waals surface area contributed by atoms with Gasteiger partial charge in [-0.2, -0.15) is 0 Å². The number of sulfone groups is 1. The van der Waals surface area contributed by atoms with Gasteiger partial charge in [0, 0.05) is 11.3 Å². The van der Waals surface area contributed by atoms with Crippen molar-refractivity contribution in [2.24, 2.45) is 5.84 Å². The second-order valence-corrected chi connectivity index (χ2v) is 6.74. The smallest absolute Gasteiger partial charge is 0.147 e. The molecule has 3 N–H and O–H groups in total. The first-order chi connectivity index (χ1) is 8.40. The van der Waals surface area contributed by atoms with Crippen LogP contribution in [0.1, 0.15) is 6.42 Å². The van der Waals surface area contributed by atoms with E-state index in [1.807, 2.05) is 0 Å². The molecule has 0 saturated heterocycles. The molecule has 0 aromatic heterocycles. The van der Waals surface area contributed by atoms with Crippen LogP contribution in [0.4, 0.5) is 0 Å². The number of nitrogens with two attached hydrogens (primary N) is 1. The normalized spacial score (nSPS) is 13.3. The van der Waals surface area contributed by atoms with E-state index < -0.39 is 9.84 Å². The van der Waals surface area contributed by atoms with Gasteiger partial charge >= 0.3 is 0 Å². The van der Waals surface area contributed by atoms with Crippen molar-refractivity contribution in [2.45, 2.75) is 12.5 Å². The quantitative estimate of drug-likeness (QED) is 0.578. The SMILES string of the molecule is CS(=O)(=O)CCC(COc1ccc(Cl)cc1)NN. The van der Waals surface area contributed by atoms with Crippen molar-refractivity contribution in [3.63, 3.8) is 0 Å². The van der Waals surface area contributed by atoms with Crippen LogP contribution in [0, 0.1) is 0 Å². The summed E-state index contributed by atoms with van der Waals surface area (Å²) in [6.07, 6.45) is 1.60. The van der Waals surface area contributed by atoms with Crippen LogP contribution in [-0.4, -0.2) is 33.1 Å². The minimum atomic E-state index is -2.99. The molecular formula is C11H17ClN2O3S. The molecule has 1 unspecified atom stereocenters. The lowest BCUT2D eigenvalue weighted by Crippen LogP contribution is -2.40. The summed E-state index contributed by atoms with van der Waals surface area (Å²) in [6.45, 7) is 0.299. The van der Waals surface area contributed by atoms with Crippen LogP contribution in [0.2, 0.25) is 5.02 Å². The number of halogens is 1. The predicted molar refractivity (Wildman–Crippen MR) is 72.4 cm³/mol. The predicted octanol–water partition coefficient (Wildman–Crippen LogP) is 0.985. The van der Waals surface area contributed by atoms with Gasteiger partial charge in [0.2, 0.25) is 0 Å². The summed E-state index contributed by atoms with van der Waals surface area (Å²) in [6, 6.07) is 6.71. The van der Waals surface area contributed by atoms with Gasteiger partial charge in [-0.3, -0.25) is 11.3 Å². The van der Waals surface area contributed by atoms with Crippen LogP contribution < -0.4 is 16.0 Å². The molecule has 0 heterocycles. The molecular weight excluding hydrogens is 276 g/mol. The van der Waals surface area contributed by atoms with E-state index in [1.54, 1.807) is 24.3 Å². The summed E-state index contributed by atoms with van der Waals surface area (Å²) in [7, 11) is -2.99. The van der Waals surface area contributed by atoms with Gasteiger partial charge in [-0.25, -0.2) is 8.42 Å². The Balaban J connectivity index is 2.42. The second-order valence-electron chi connectivity index (χ2n) is 4.05. The molecule has 1 rings (SSSR count). The van der Waals surface area contributed by atoms with Gasteiger partial charge in [0.1, 0.15) is 22.2 Å². The summed E-state index contributed by atoms with van der Waals surface area (Å²) in [5.41, 5.74) is 2.54. The molecule has 1 aromatic rings. The minimum absolute atomic E-state index is 0.0752. The number of benzene rings is 1. The van der Waals surface area contributed by atoms with Crippen molar-refractivity contribution < 1.29 is 13.2 Å². The van der Waals surface area contributed by atoms with E-state index in [2.05, 4.69) is 5.43 Å². The first-order valence-electron chi connectivity index (χ1n) is 5.43. The zero-order valence-electron chi connectivity index (χ0n) is 10.1. The van der Waals surface area contributed by atoms with Gasteiger partial charge < -0.3 is 4.74 Å². The molecule has 0 spiro atoms. The Morgan fingerprint density at radius 1 is 1.39 bits per heavy atom. The molecule has 0 amide bonds. The number of ether oxygens (including phenoxy) is 1. The molecule has 0 saturated carbocycles. The minimum Gasteiger partial charge on any atom is -0.492 e. The third-order valence-corrected chi connectivity index (χ3v) is 3.57. The van der Waals surface area contributed by atoms with Gasteiger partial charge in [0.25, 0.3) is 0 Å². The highest BCUT2D eigenvalue weighted by molar-refractivity contribution is 7.90. The van der Waals surface area contributed by atoms with E-state index in [0.717, 1.165) is 0 Å². The number of hydrogen-bond acceptors (Lipinski definition) is 5. The van der Waals surface area contributed by atoms with Crippen molar-refractivity contribution in [3.8, 4) is 5.75 Å². The van der Waals surface area contributed by atoms with Crippen molar-refractivity contribution in [1.82, 2.24) is 5.43 Å². The highest BCUT2D eigenvalue weighted by atomic mass is 35.5. The topological polar surface area (TPSA) is 81.4 Å². The first-order valence-corrected chi connectivity index (χ1v) is 7.87. The van der Waals surface area contributed by atoms with Gasteiger partial charge in [-0.15, -0.1) is 0 Å². The van der Waals surface area contributed by atoms with E-state index >= 15 is 0 Å². The number of hydrogen-bond donors (Lipinski definition) is 2. The maximum Gasteiger partial charge on any atom is 0.147 e. The number of hydrazine groups is 1. The summed E-state index contributed by atoms with van der Waals surface area (Å²) in [5, 5.41) is 0.632. The van der Waals surface area contributed by atoms with E-state index in [4.69, 9.17) is 22.2 Å². The Bertz CT molecular complexity index is 462. The molecule has 18 heavy (non-hydrogen) atoms. The molecule has 0 radical (unpaired) electrons. The lowest BCUT2D eigenvalue weighted by molar-refractivity contribution is 0.262. The average Bonchev–Trinajstić information content (AvgIpc) is 2.30. The summed E-state index contributed by atoms with van der Waals surface area (Å²) >= 11 is 5.75. The van der Waals surface area contributed by atoms with Crippen molar-refractivity contribution >= 4 is 21.4 Å². The summed E-state index contributed by atoms with van der Waals surface area (Å²) < 4.78 is 27.6. The van der Waals surface area contributed by atoms with Crippen LogP contribution in [0.3, 0.4) is 0 Å². The van der Waals surface area contributed by atoms with E-state index in [1.165, 1.54) is 6.26 Å². The highest BCUT2D eigenvalue weighted by Crippen LogP contribution is 2.15. The lowest BCUT2D eigenvalue weighted by Gasteiger charge is -2.16. The molecule has 1 atom stereocenters. The zero-order chi connectivity index (χ0) is 13.6. The Labute approximate surface area is 112 Å². The average molecular weight is 293 g/mol. The van der Waals surface area contributed by atoms with E-state index in [9.17, 15) is 8.42 Å². The first kappa shape index (κ1) is 15.2. The Morgan fingerprint density at radius 2 is 2.00 bits per heavy atom. The lowest BCUT2D eigenvalue weighted by atomic mass is 10.2. The number of rotatable bonds is 7. The summed E-state index contributed by atoms with van der Waals surface area (Å²) in [5.74, 6) is 6.09. The van der Waals surface area contributed by atoms with Gasteiger partial charge in [0.05, 0.1) is 11.8 Å². The van der Waals surface area contributed by atoms with Crippen LogP contribution >= 0.6 is 11.6 Å². The fraction of sp³-hybridized carbons (Fsp3) is 0.455. The van der Waals surface area contributed by atoms with Crippen LogP contribution in [-0.2, 0) is 9.84 Å². The number of nitrogens with one attached hydrogen (secondary N) is 1. The standard InChI is InChI=1S/C11H17ClN2O3S/c1-18(15,16)7-6-10(14-13)8-17-11-4-2-9(12)3-5-11/h2-5,10,14H,6-8,13H2,1H3. The Kier molecular flexibility index (Phi) is 5.87. The molecule has 1 aromatic carbocycles. The van der Waals surface area contributed by atoms with Crippen LogP contribution in [0.5, 0.6) is 5.75 Å². The fourth-order valence-electron chi connectivity index (χ4n) is 1.30. The fourth-order valence-corrected chi connectivity index (χ4v) is 2.14. The van der Waals surface area contributed by atoms with E-state index in [-0.39, 0.29) is 11.8 Å². The molecule has 0 aliphatic carbocycles. The largest absolute Gasteiger partial charge is 0.492 e.